The number of benzene rings is 2. The lowest BCUT2D eigenvalue weighted by Gasteiger charge is -2.27. The van der Waals surface area contributed by atoms with Gasteiger partial charge in [0.05, 0.1) is 16.8 Å². The number of alkyl halides is 3. The monoisotopic (exact) mass is 491 g/mol. The van der Waals surface area contributed by atoms with Crippen LogP contribution in [-0.4, -0.2) is 27.1 Å². The van der Waals surface area contributed by atoms with Crippen molar-refractivity contribution in [2.45, 2.75) is 25.2 Å². The summed E-state index contributed by atoms with van der Waals surface area (Å²) >= 11 is 0. The summed E-state index contributed by atoms with van der Waals surface area (Å²) in [7, 11) is 1.56. The van der Waals surface area contributed by atoms with Gasteiger partial charge in [-0.2, -0.15) is 13.2 Å². The van der Waals surface area contributed by atoms with Gasteiger partial charge in [0, 0.05) is 44.1 Å². The van der Waals surface area contributed by atoms with Crippen molar-refractivity contribution in [3.05, 3.63) is 100 Å². The number of anilines is 1. The van der Waals surface area contributed by atoms with Gasteiger partial charge in [-0.3, -0.25) is 14.3 Å². The Morgan fingerprint density at radius 1 is 1.03 bits per heavy atom. The zero-order valence-corrected chi connectivity index (χ0v) is 19.5. The fourth-order valence-corrected chi connectivity index (χ4v) is 4.47. The second kappa shape index (κ2) is 9.58. The summed E-state index contributed by atoms with van der Waals surface area (Å²) in [6.07, 6.45) is -0.586. The van der Waals surface area contributed by atoms with E-state index in [0.29, 0.717) is 23.8 Å². The van der Waals surface area contributed by atoms with Gasteiger partial charge in [-0.05, 0) is 47.4 Å². The van der Waals surface area contributed by atoms with Crippen LogP contribution in [0.25, 0.3) is 22.4 Å². The van der Waals surface area contributed by atoms with E-state index in [0.717, 1.165) is 25.1 Å². The van der Waals surface area contributed by atoms with Crippen LogP contribution in [0.3, 0.4) is 0 Å². The van der Waals surface area contributed by atoms with E-state index in [1.54, 1.807) is 31.6 Å². The molecule has 0 bridgehead atoms. The highest BCUT2D eigenvalue weighted by molar-refractivity contribution is 5.81. The summed E-state index contributed by atoms with van der Waals surface area (Å²) in [6, 6.07) is 16.5. The SMILES string of the molecule is Cn1c(NC[C@@H]2Cc3ccccc3CN2)nc(-c2ccncc2)c(-c2cccc(C(F)(F)F)c2)c1=O. The lowest BCUT2D eigenvalue weighted by molar-refractivity contribution is -0.137. The van der Waals surface area contributed by atoms with Crippen molar-refractivity contribution in [2.24, 2.45) is 7.05 Å². The molecule has 5 rings (SSSR count). The van der Waals surface area contributed by atoms with Gasteiger partial charge in [0.1, 0.15) is 0 Å². The molecule has 4 aromatic rings. The zero-order chi connectivity index (χ0) is 25.3. The topological polar surface area (TPSA) is 71.8 Å². The molecule has 0 radical (unpaired) electrons. The largest absolute Gasteiger partial charge is 0.416 e. The van der Waals surface area contributed by atoms with Crippen molar-refractivity contribution in [1.82, 2.24) is 19.9 Å². The van der Waals surface area contributed by atoms with Gasteiger partial charge in [0.25, 0.3) is 5.56 Å². The highest BCUT2D eigenvalue weighted by Gasteiger charge is 2.31. The Morgan fingerprint density at radius 3 is 2.53 bits per heavy atom. The average molecular weight is 492 g/mol. The van der Waals surface area contributed by atoms with Gasteiger partial charge < -0.3 is 10.6 Å². The molecule has 0 saturated carbocycles. The Bertz CT molecular complexity index is 1450. The molecule has 0 fully saturated rings. The molecule has 36 heavy (non-hydrogen) atoms. The summed E-state index contributed by atoms with van der Waals surface area (Å²) in [5.41, 5.74) is 2.42. The van der Waals surface area contributed by atoms with Gasteiger partial charge in [-0.15, -0.1) is 0 Å². The molecule has 1 aliphatic rings. The lowest BCUT2D eigenvalue weighted by Crippen LogP contribution is -2.41. The van der Waals surface area contributed by atoms with Crippen LogP contribution >= 0.6 is 0 Å². The van der Waals surface area contributed by atoms with Gasteiger partial charge in [-0.1, -0.05) is 36.4 Å². The Balaban J connectivity index is 1.52. The summed E-state index contributed by atoms with van der Waals surface area (Å²) in [4.78, 5) is 22.3. The molecule has 2 N–H and O–H groups in total. The van der Waals surface area contributed by atoms with E-state index in [1.807, 2.05) is 12.1 Å². The van der Waals surface area contributed by atoms with Crippen LogP contribution in [0.15, 0.2) is 77.9 Å². The Kier molecular flexibility index (Phi) is 6.32. The highest BCUT2D eigenvalue weighted by atomic mass is 19.4. The second-order valence-electron chi connectivity index (χ2n) is 8.77. The standard InChI is InChI=1S/C27H24F3N5O/c1-35-25(36)23(19-7-4-8-21(13-19)27(28,29)30)24(17-9-11-31-12-10-17)34-26(35)33-16-22-14-18-5-2-3-6-20(18)15-32-22/h2-13,22,32H,14-16H2,1H3,(H,33,34)/t22-/m0/s1. The number of rotatable bonds is 5. The lowest BCUT2D eigenvalue weighted by atomic mass is 9.96. The van der Waals surface area contributed by atoms with Gasteiger partial charge in [0.2, 0.25) is 5.95 Å². The van der Waals surface area contributed by atoms with Crippen molar-refractivity contribution in [3.63, 3.8) is 0 Å². The molecule has 0 saturated heterocycles. The molecule has 0 aliphatic carbocycles. The number of hydrogen-bond acceptors (Lipinski definition) is 5. The Hall–Kier alpha value is -3.98. The molecule has 6 nitrogen and oxygen atoms in total. The van der Waals surface area contributed by atoms with E-state index < -0.39 is 17.3 Å². The molecule has 0 amide bonds. The first kappa shape index (κ1) is 23.7. The second-order valence-corrected chi connectivity index (χ2v) is 8.77. The first-order valence-electron chi connectivity index (χ1n) is 11.5. The summed E-state index contributed by atoms with van der Waals surface area (Å²) < 4.78 is 41.5. The average Bonchev–Trinajstić information content (AvgIpc) is 2.89. The molecule has 0 unspecified atom stereocenters. The number of pyridine rings is 1. The van der Waals surface area contributed by atoms with Crippen LogP contribution in [0, 0.1) is 0 Å². The predicted octanol–water partition coefficient (Wildman–Crippen LogP) is 4.65. The Morgan fingerprint density at radius 2 is 1.78 bits per heavy atom. The first-order valence-corrected chi connectivity index (χ1v) is 11.5. The molecule has 2 aromatic carbocycles. The van der Waals surface area contributed by atoms with Crippen LogP contribution in [-0.2, 0) is 26.2 Å². The van der Waals surface area contributed by atoms with Crippen LogP contribution < -0.4 is 16.2 Å². The summed E-state index contributed by atoms with van der Waals surface area (Å²) in [6.45, 7) is 1.28. The maximum absolute atomic E-state index is 13.5. The molecule has 1 atom stereocenters. The van der Waals surface area contributed by atoms with Gasteiger partial charge >= 0.3 is 6.18 Å². The predicted molar refractivity (Wildman–Crippen MR) is 132 cm³/mol. The number of nitrogens with one attached hydrogen (secondary N) is 2. The van der Waals surface area contributed by atoms with E-state index in [1.165, 1.54) is 27.8 Å². The minimum atomic E-state index is -4.53. The third-order valence-electron chi connectivity index (χ3n) is 6.40. The quantitative estimate of drug-likeness (QED) is 0.425. The van der Waals surface area contributed by atoms with Crippen LogP contribution in [0.1, 0.15) is 16.7 Å². The third-order valence-corrected chi connectivity index (χ3v) is 6.40. The zero-order valence-electron chi connectivity index (χ0n) is 19.5. The van der Waals surface area contributed by atoms with Gasteiger partial charge in [0.15, 0.2) is 0 Å². The summed E-state index contributed by atoms with van der Waals surface area (Å²) in [5.74, 6) is 0.336. The minimum absolute atomic E-state index is 0.102. The van der Waals surface area contributed by atoms with E-state index in [-0.39, 0.29) is 17.2 Å². The Labute approximate surface area is 205 Å². The van der Waals surface area contributed by atoms with E-state index in [4.69, 9.17) is 4.98 Å². The van der Waals surface area contributed by atoms with Crippen LogP contribution in [0.5, 0.6) is 0 Å². The van der Waals surface area contributed by atoms with E-state index in [9.17, 15) is 18.0 Å². The van der Waals surface area contributed by atoms with Gasteiger partial charge in [-0.25, -0.2) is 4.98 Å². The number of halogens is 3. The molecule has 184 valence electrons. The first-order chi connectivity index (χ1) is 17.3. The molecule has 9 heteroatoms. The van der Waals surface area contributed by atoms with Crippen molar-refractivity contribution in [2.75, 3.05) is 11.9 Å². The number of fused-ring (bicyclic) bond motifs is 1. The van der Waals surface area contributed by atoms with Crippen molar-refractivity contribution in [3.8, 4) is 22.4 Å². The van der Waals surface area contributed by atoms with Crippen molar-refractivity contribution >= 4 is 5.95 Å². The number of nitrogens with zero attached hydrogens (tertiary/aromatic N) is 3. The highest BCUT2D eigenvalue weighted by Crippen LogP contribution is 2.34. The van der Waals surface area contributed by atoms with Crippen LogP contribution in [0.4, 0.5) is 19.1 Å². The molecule has 3 heterocycles. The fraction of sp³-hybridized carbons (Fsp3) is 0.222. The smallest absolute Gasteiger partial charge is 0.354 e. The molecule has 2 aromatic heterocycles. The molecular weight excluding hydrogens is 467 g/mol. The fourth-order valence-electron chi connectivity index (χ4n) is 4.47. The molecular formula is C27H24F3N5O. The van der Waals surface area contributed by atoms with Crippen LogP contribution in [0.2, 0.25) is 0 Å². The maximum Gasteiger partial charge on any atom is 0.416 e. The molecule has 1 aliphatic heterocycles. The summed E-state index contributed by atoms with van der Waals surface area (Å²) in [5, 5.41) is 6.76. The molecule has 0 spiro atoms. The van der Waals surface area contributed by atoms with E-state index >= 15 is 0 Å². The maximum atomic E-state index is 13.5. The third kappa shape index (κ3) is 4.74. The van der Waals surface area contributed by atoms with Crippen molar-refractivity contribution in [1.29, 1.82) is 0 Å². The van der Waals surface area contributed by atoms with E-state index in [2.05, 4.69) is 27.8 Å². The van der Waals surface area contributed by atoms with Crippen molar-refractivity contribution < 1.29 is 13.2 Å². The minimum Gasteiger partial charge on any atom is -0.354 e. The number of hydrogen-bond donors (Lipinski definition) is 2. The number of aromatic nitrogens is 3. The normalized spacial score (nSPS) is 15.4.